The SMILES string of the molecule is NC1(C(=O)OCc2ccccc2Br)CCC1. The van der Waals surface area contributed by atoms with E-state index in [0.717, 1.165) is 29.3 Å². The van der Waals surface area contributed by atoms with Gasteiger partial charge in [-0.3, -0.25) is 4.79 Å². The van der Waals surface area contributed by atoms with Crippen LogP contribution in [0.4, 0.5) is 0 Å². The molecule has 0 spiro atoms. The van der Waals surface area contributed by atoms with Crippen molar-refractivity contribution in [2.75, 3.05) is 0 Å². The van der Waals surface area contributed by atoms with Crippen LogP contribution in [0.15, 0.2) is 28.7 Å². The molecule has 86 valence electrons. The first kappa shape index (κ1) is 11.6. The van der Waals surface area contributed by atoms with E-state index in [4.69, 9.17) is 10.5 Å². The average molecular weight is 284 g/mol. The number of benzene rings is 1. The number of esters is 1. The van der Waals surface area contributed by atoms with Gasteiger partial charge in [0.25, 0.3) is 0 Å². The van der Waals surface area contributed by atoms with E-state index >= 15 is 0 Å². The molecule has 2 N–H and O–H groups in total. The standard InChI is InChI=1S/C12H14BrNO2/c13-10-5-2-1-4-9(10)8-16-11(15)12(14)6-3-7-12/h1-2,4-5H,3,6-8,14H2. The molecule has 1 aromatic rings. The third-order valence-electron chi connectivity index (χ3n) is 2.97. The Morgan fingerprint density at radius 3 is 2.69 bits per heavy atom. The molecule has 1 aliphatic rings. The van der Waals surface area contributed by atoms with Crippen molar-refractivity contribution in [1.82, 2.24) is 0 Å². The topological polar surface area (TPSA) is 52.3 Å². The second kappa shape index (κ2) is 4.55. The Morgan fingerprint density at radius 1 is 1.44 bits per heavy atom. The highest BCUT2D eigenvalue weighted by Gasteiger charge is 2.41. The van der Waals surface area contributed by atoms with Crippen LogP contribution in [0.3, 0.4) is 0 Å². The maximum Gasteiger partial charge on any atom is 0.326 e. The monoisotopic (exact) mass is 283 g/mol. The Morgan fingerprint density at radius 2 is 2.12 bits per heavy atom. The maximum atomic E-state index is 11.7. The summed E-state index contributed by atoms with van der Waals surface area (Å²) in [5, 5.41) is 0. The third kappa shape index (κ3) is 2.28. The molecular weight excluding hydrogens is 270 g/mol. The summed E-state index contributed by atoms with van der Waals surface area (Å²) in [6, 6.07) is 7.67. The predicted octanol–water partition coefficient (Wildman–Crippen LogP) is 2.37. The highest BCUT2D eigenvalue weighted by Crippen LogP contribution is 2.30. The van der Waals surface area contributed by atoms with E-state index in [1.807, 2.05) is 24.3 Å². The second-order valence-corrected chi connectivity index (χ2v) is 5.03. The Hall–Kier alpha value is -0.870. The van der Waals surface area contributed by atoms with Crippen LogP contribution in [-0.4, -0.2) is 11.5 Å². The van der Waals surface area contributed by atoms with E-state index in [1.54, 1.807) is 0 Å². The molecule has 0 radical (unpaired) electrons. The van der Waals surface area contributed by atoms with Crippen LogP contribution in [0.25, 0.3) is 0 Å². The molecule has 0 heterocycles. The minimum Gasteiger partial charge on any atom is -0.459 e. The molecule has 16 heavy (non-hydrogen) atoms. The predicted molar refractivity (Wildman–Crippen MR) is 64.7 cm³/mol. The fourth-order valence-corrected chi connectivity index (χ4v) is 2.06. The van der Waals surface area contributed by atoms with Crippen molar-refractivity contribution >= 4 is 21.9 Å². The quantitative estimate of drug-likeness (QED) is 0.867. The summed E-state index contributed by atoms with van der Waals surface area (Å²) in [5.74, 6) is -0.283. The van der Waals surface area contributed by atoms with E-state index in [0.29, 0.717) is 0 Å². The molecule has 1 aromatic carbocycles. The smallest absolute Gasteiger partial charge is 0.326 e. The molecule has 0 aliphatic heterocycles. The Labute approximate surface area is 103 Å². The molecule has 0 amide bonds. The average Bonchev–Trinajstić information content (AvgIpc) is 2.24. The third-order valence-corrected chi connectivity index (χ3v) is 3.74. The van der Waals surface area contributed by atoms with E-state index in [-0.39, 0.29) is 12.6 Å². The van der Waals surface area contributed by atoms with Crippen molar-refractivity contribution in [3.63, 3.8) is 0 Å². The van der Waals surface area contributed by atoms with Crippen LogP contribution < -0.4 is 5.73 Å². The lowest BCUT2D eigenvalue weighted by Gasteiger charge is -2.35. The number of rotatable bonds is 3. The number of carbonyl (C=O) groups excluding carboxylic acids is 1. The van der Waals surface area contributed by atoms with Gasteiger partial charge in [-0.25, -0.2) is 0 Å². The minimum absolute atomic E-state index is 0.277. The zero-order valence-corrected chi connectivity index (χ0v) is 10.5. The van der Waals surface area contributed by atoms with Crippen LogP contribution in [0.5, 0.6) is 0 Å². The zero-order valence-electron chi connectivity index (χ0n) is 8.91. The summed E-state index contributed by atoms with van der Waals surface area (Å²) >= 11 is 3.41. The first-order valence-corrected chi connectivity index (χ1v) is 6.11. The van der Waals surface area contributed by atoms with Crippen molar-refractivity contribution in [2.45, 2.75) is 31.4 Å². The lowest BCUT2D eigenvalue weighted by molar-refractivity contribution is -0.155. The van der Waals surface area contributed by atoms with Crippen LogP contribution in [0, 0.1) is 0 Å². The summed E-state index contributed by atoms with van der Waals surface area (Å²) in [4.78, 5) is 11.7. The first-order chi connectivity index (χ1) is 7.62. The Bertz CT molecular complexity index is 402. The first-order valence-electron chi connectivity index (χ1n) is 5.31. The van der Waals surface area contributed by atoms with Gasteiger partial charge < -0.3 is 10.5 Å². The lowest BCUT2D eigenvalue weighted by atomic mass is 9.78. The van der Waals surface area contributed by atoms with Crippen molar-refractivity contribution in [2.24, 2.45) is 5.73 Å². The Kier molecular flexibility index (Phi) is 3.30. The molecule has 0 bridgehead atoms. The molecule has 2 rings (SSSR count). The van der Waals surface area contributed by atoms with Crippen molar-refractivity contribution < 1.29 is 9.53 Å². The molecule has 3 nitrogen and oxygen atoms in total. The summed E-state index contributed by atoms with van der Waals surface area (Å²) in [6.45, 7) is 0.277. The number of hydrogen-bond acceptors (Lipinski definition) is 3. The van der Waals surface area contributed by atoms with Crippen LogP contribution in [0.1, 0.15) is 24.8 Å². The molecule has 1 saturated carbocycles. The van der Waals surface area contributed by atoms with E-state index < -0.39 is 5.54 Å². The van der Waals surface area contributed by atoms with Gasteiger partial charge in [-0.1, -0.05) is 34.1 Å². The summed E-state index contributed by atoms with van der Waals surface area (Å²) < 4.78 is 6.17. The van der Waals surface area contributed by atoms with Gasteiger partial charge in [-0.05, 0) is 25.3 Å². The van der Waals surface area contributed by atoms with Gasteiger partial charge in [0.2, 0.25) is 0 Å². The number of ether oxygens (including phenoxy) is 1. The largest absolute Gasteiger partial charge is 0.459 e. The van der Waals surface area contributed by atoms with Gasteiger partial charge in [-0.15, -0.1) is 0 Å². The zero-order chi connectivity index (χ0) is 11.6. The van der Waals surface area contributed by atoms with E-state index in [1.165, 1.54) is 0 Å². The molecule has 0 unspecified atom stereocenters. The molecule has 1 aliphatic carbocycles. The van der Waals surface area contributed by atoms with Crippen LogP contribution >= 0.6 is 15.9 Å². The lowest BCUT2D eigenvalue weighted by Crippen LogP contribution is -2.54. The summed E-state index contributed by atoms with van der Waals surface area (Å²) in [6.07, 6.45) is 2.49. The fraction of sp³-hybridized carbons (Fsp3) is 0.417. The van der Waals surface area contributed by atoms with Crippen molar-refractivity contribution in [3.05, 3.63) is 34.3 Å². The van der Waals surface area contributed by atoms with Gasteiger partial charge in [0.05, 0.1) is 0 Å². The van der Waals surface area contributed by atoms with Crippen molar-refractivity contribution in [3.8, 4) is 0 Å². The molecular formula is C12H14BrNO2. The van der Waals surface area contributed by atoms with Crippen LogP contribution in [0.2, 0.25) is 0 Å². The number of halogens is 1. The van der Waals surface area contributed by atoms with Gasteiger partial charge >= 0.3 is 5.97 Å². The summed E-state index contributed by atoms with van der Waals surface area (Å²) in [5.41, 5.74) is 6.10. The van der Waals surface area contributed by atoms with Crippen LogP contribution in [-0.2, 0) is 16.1 Å². The van der Waals surface area contributed by atoms with E-state index in [9.17, 15) is 4.79 Å². The van der Waals surface area contributed by atoms with Gasteiger partial charge in [-0.2, -0.15) is 0 Å². The van der Waals surface area contributed by atoms with Gasteiger partial charge in [0, 0.05) is 10.0 Å². The minimum atomic E-state index is -0.721. The summed E-state index contributed by atoms with van der Waals surface area (Å²) in [7, 11) is 0. The van der Waals surface area contributed by atoms with Gasteiger partial charge in [0.1, 0.15) is 12.1 Å². The van der Waals surface area contributed by atoms with Gasteiger partial charge in [0.15, 0.2) is 0 Å². The van der Waals surface area contributed by atoms with E-state index in [2.05, 4.69) is 15.9 Å². The number of nitrogens with two attached hydrogens (primary N) is 1. The molecule has 4 heteroatoms. The fourth-order valence-electron chi connectivity index (χ4n) is 1.66. The highest BCUT2D eigenvalue weighted by molar-refractivity contribution is 9.10. The normalized spacial score (nSPS) is 17.6. The second-order valence-electron chi connectivity index (χ2n) is 4.18. The number of hydrogen-bond donors (Lipinski definition) is 1. The molecule has 0 saturated heterocycles. The Balaban J connectivity index is 1.93. The van der Waals surface area contributed by atoms with Crippen molar-refractivity contribution in [1.29, 1.82) is 0 Å². The molecule has 1 fully saturated rings. The highest BCUT2D eigenvalue weighted by atomic mass is 79.9. The number of carbonyl (C=O) groups is 1. The molecule has 0 atom stereocenters. The molecule has 0 aromatic heterocycles. The maximum absolute atomic E-state index is 11.7.